The summed E-state index contributed by atoms with van der Waals surface area (Å²) in [4.78, 5) is 33.5. The summed E-state index contributed by atoms with van der Waals surface area (Å²) in [6.45, 7) is 9.67. The second-order valence-corrected chi connectivity index (χ2v) is 9.41. The third kappa shape index (κ3) is 7.25. The zero-order chi connectivity index (χ0) is 21.6. The molecule has 1 N–H and O–H groups in total. The van der Waals surface area contributed by atoms with E-state index in [1.807, 2.05) is 50.7 Å². The molecule has 0 aliphatic heterocycles. The van der Waals surface area contributed by atoms with Crippen molar-refractivity contribution < 1.29 is 9.59 Å². The van der Waals surface area contributed by atoms with Gasteiger partial charge < -0.3 is 15.1 Å². The molecule has 0 spiro atoms. The molecule has 0 bridgehead atoms. The van der Waals surface area contributed by atoms with Gasteiger partial charge in [-0.3, -0.25) is 9.59 Å². The second kappa shape index (κ2) is 9.98. The summed E-state index contributed by atoms with van der Waals surface area (Å²) >= 11 is 1.38. The number of rotatable bonds is 8. The molecule has 0 radical (unpaired) electrons. The van der Waals surface area contributed by atoms with Crippen molar-refractivity contribution in [2.45, 2.75) is 39.5 Å². The Morgan fingerprint density at radius 1 is 1.10 bits per heavy atom. The molecule has 0 atom stereocenters. The van der Waals surface area contributed by atoms with Crippen molar-refractivity contribution in [2.75, 3.05) is 39.0 Å². The van der Waals surface area contributed by atoms with E-state index in [1.165, 1.54) is 16.9 Å². The number of aromatic nitrogens is 1. The normalized spacial score (nSPS) is 11.6. The third-order valence-electron chi connectivity index (χ3n) is 4.52. The highest BCUT2D eigenvalue weighted by atomic mass is 32.1. The van der Waals surface area contributed by atoms with E-state index in [0.717, 1.165) is 18.7 Å². The van der Waals surface area contributed by atoms with Crippen LogP contribution in [0.2, 0.25) is 0 Å². The van der Waals surface area contributed by atoms with Gasteiger partial charge in [-0.25, -0.2) is 4.98 Å². The highest BCUT2D eigenvalue weighted by Gasteiger charge is 2.20. The van der Waals surface area contributed by atoms with Crippen LogP contribution in [0.15, 0.2) is 29.6 Å². The van der Waals surface area contributed by atoms with Gasteiger partial charge in [0, 0.05) is 17.5 Å². The smallest absolute Gasteiger partial charge is 0.254 e. The first-order chi connectivity index (χ1) is 13.6. The van der Waals surface area contributed by atoms with Crippen LogP contribution in [0.1, 0.15) is 48.8 Å². The number of aryl methyl sites for hydroxylation is 1. The van der Waals surface area contributed by atoms with Gasteiger partial charge in [0.1, 0.15) is 6.54 Å². The monoisotopic (exact) mass is 416 g/mol. The van der Waals surface area contributed by atoms with Gasteiger partial charge in [-0.15, -0.1) is 11.3 Å². The molecular weight excluding hydrogens is 384 g/mol. The van der Waals surface area contributed by atoms with Crippen LogP contribution >= 0.6 is 11.3 Å². The number of carbonyl (C=O) groups is 2. The van der Waals surface area contributed by atoms with E-state index in [1.54, 1.807) is 4.90 Å². The predicted molar refractivity (Wildman–Crippen MR) is 120 cm³/mol. The molecule has 29 heavy (non-hydrogen) atoms. The van der Waals surface area contributed by atoms with Gasteiger partial charge in [0.05, 0.1) is 5.69 Å². The molecule has 2 amide bonds. The van der Waals surface area contributed by atoms with Gasteiger partial charge in [-0.1, -0.05) is 32.9 Å². The molecule has 7 heteroatoms. The Labute approximate surface area is 177 Å². The lowest BCUT2D eigenvalue weighted by Crippen LogP contribution is -2.39. The predicted octanol–water partition coefficient (Wildman–Crippen LogP) is 3.78. The Morgan fingerprint density at radius 3 is 2.28 bits per heavy atom. The van der Waals surface area contributed by atoms with Gasteiger partial charge in [0.2, 0.25) is 5.91 Å². The van der Waals surface area contributed by atoms with E-state index >= 15 is 0 Å². The first-order valence-electron chi connectivity index (χ1n) is 9.83. The summed E-state index contributed by atoms with van der Waals surface area (Å²) in [7, 11) is 3.99. The molecule has 0 saturated carbocycles. The number of carbonyl (C=O) groups excluding carboxylic acids is 2. The first kappa shape index (κ1) is 23.0. The number of amides is 2. The van der Waals surface area contributed by atoms with Crippen molar-refractivity contribution in [3.8, 4) is 0 Å². The molecule has 0 saturated heterocycles. The lowest BCUT2D eigenvalue weighted by atomic mass is 9.86. The van der Waals surface area contributed by atoms with Crippen molar-refractivity contribution in [3.63, 3.8) is 0 Å². The lowest BCUT2D eigenvalue weighted by Gasteiger charge is -2.24. The highest BCUT2D eigenvalue weighted by molar-refractivity contribution is 7.13. The van der Waals surface area contributed by atoms with Crippen molar-refractivity contribution in [1.29, 1.82) is 0 Å². The number of benzene rings is 1. The van der Waals surface area contributed by atoms with Crippen molar-refractivity contribution in [3.05, 3.63) is 46.5 Å². The Kier molecular flexibility index (Phi) is 7.93. The molecule has 0 aliphatic carbocycles. The van der Waals surface area contributed by atoms with E-state index in [9.17, 15) is 9.59 Å². The molecule has 2 rings (SSSR count). The van der Waals surface area contributed by atoms with Crippen LogP contribution in [-0.4, -0.2) is 60.3 Å². The molecule has 1 aromatic heterocycles. The number of hydrogen-bond donors (Lipinski definition) is 1. The Morgan fingerprint density at radius 2 is 1.76 bits per heavy atom. The van der Waals surface area contributed by atoms with Crippen LogP contribution in [-0.2, 0) is 10.2 Å². The zero-order valence-corrected chi connectivity index (χ0v) is 19.1. The molecular formula is C22H32N4O2S. The molecule has 1 aromatic carbocycles. The van der Waals surface area contributed by atoms with Gasteiger partial charge in [0.25, 0.3) is 5.91 Å². The van der Waals surface area contributed by atoms with Gasteiger partial charge in [0.15, 0.2) is 5.13 Å². The van der Waals surface area contributed by atoms with Crippen LogP contribution in [0.3, 0.4) is 0 Å². The standard InChI is InChI=1S/C22H32N4O2S/c1-16-15-29-21(23-16)24-19(27)14-26(13-7-12-25(5)6)20(28)17-8-10-18(11-9-17)22(2,3)4/h8-11,15H,7,12-14H2,1-6H3,(H,23,24,27). The summed E-state index contributed by atoms with van der Waals surface area (Å²) in [6.07, 6.45) is 0.794. The highest BCUT2D eigenvalue weighted by Crippen LogP contribution is 2.22. The van der Waals surface area contributed by atoms with Crippen LogP contribution < -0.4 is 5.32 Å². The summed E-state index contributed by atoms with van der Waals surface area (Å²) in [5.74, 6) is -0.362. The zero-order valence-electron chi connectivity index (χ0n) is 18.3. The maximum Gasteiger partial charge on any atom is 0.254 e. The summed E-state index contributed by atoms with van der Waals surface area (Å²) in [5, 5.41) is 5.23. The maximum absolute atomic E-state index is 13.1. The van der Waals surface area contributed by atoms with Gasteiger partial charge in [-0.2, -0.15) is 0 Å². The lowest BCUT2D eigenvalue weighted by molar-refractivity contribution is -0.116. The second-order valence-electron chi connectivity index (χ2n) is 8.55. The Balaban J connectivity index is 2.10. The fourth-order valence-corrected chi connectivity index (χ4v) is 3.57. The van der Waals surface area contributed by atoms with E-state index in [4.69, 9.17) is 0 Å². The number of anilines is 1. The molecule has 6 nitrogen and oxygen atoms in total. The minimum atomic E-state index is -0.233. The number of thiazole rings is 1. The Bertz CT molecular complexity index is 822. The average Bonchev–Trinajstić information content (AvgIpc) is 3.04. The van der Waals surface area contributed by atoms with E-state index < -0.39 is 0 Å². The van der Waals surface area contributed by atoms with Crippen LogP contribution in [0, 0.1) is 6.92 Å². The van der Waals surface area contributed by atoms with Gasteiger partial charge in [-0.05, 0) is 57.1 Å². The fourth-order valence-electron chi connectivity index (χ4n) is 2.87. The minimum absolute atomic E-state index is 0.00586. The average molecular weight is 417 g/mol. The minimum Gasteiger partial charge on any atom is -0.329 e. The third-order valence-corrected chi connectivity index (χ3v) is 5.39. The van der Waals surface area contributed by atoms with Crippen molar-refractivity contribution in [1.82, 2.24) is 14.8 Å². The molecule has 158 valence electrons. The Hall–Kier alpha value is -2.25. The summed E-state index contributed by atoms with van der Waals surface area (Å²) in [5.41, 5.74) is 2.66. The quantitative estimate of drug-likeness (QED) is 0.711. The summed E-state index contributed by atoms with van der Waals surface area (Å²) in [6, 6.07) is 7.68. The largest absolute Gasteiger partial charge is 0.329 e. The topological polar surface area (TPSA) is 65.5 Å². The van der Waals surface area contributed by atoms with Crippen LogP contribution in [0.4, 0.5) is 5.13 Å². The van der Waals surface area contributed by atoms with E-state index in [0.29, 0.717) is 17.2 Å². The van der Waals surface area contributed by atoms with Crippen molar-refractivity contribution >= 4 is 28.3 Å². The van der Waals surface area contributed by atoms with E-state index in [2.05, 4.69) is 36.0 Å². The fraction of sp³-hybridized carbons (Fsp3) is 0.500. The SMILES string of the molecule is Cc1csc(NC(=O)CN(CCCN(C)C)C(=O)c2ccc(C(C)(C)C)cc2)n1. The molecule has 2 aromatic rings. The summed E-state index contributed by atoms with van der Waals surface area (Å²) < 4.78 is 0. The first-order valence-corrected chi connectivity index (χ1v) is 10.7. The van der Waals surface area contributed by atoms with E-state index in [-0.39, 0.29) is 23.8 Å². The van der Waals surface area contributed by atoms with Crippen molar-refractivity contribution in [2.24, 2.45) is 0 Å². The van der Waals surface area contributed by atoms with Crippen LogP contribution in [0.5, 0.6) is 0 Å². The number of nitrogens with one attached hydrogen (secondary N) is 1. The molecule has 0 fully saturated rings. The van der Waals surface area contributed by atoms with Crippen LogP contribution in [0.25, 0.3) is 0 Å². The molecule has 0 unspecified atom stereocenters. The molecule has 0 aliphatic rings. The number of nitrogens with zero attached hydrogens (tertiary/aromatic N) is 3. The maximum atomic E-state index is 13.1. The van der Waals surface area contributed by atoms with Gasteiger partial charge >= 0.3 is 0 Å². The molecule has 1 heterocycles. The number of hydrogen-bond acceptors (Lipinski definition) is 5.